The van der Waals surface area contributed by atoms with E-state index in [4.69, 9.17) is 10.5 Å². The number of carbonyl (C=O) groups excluding carboxylic acids is 1. The molecule has 114 valence electrons. The summed E-state index contributed by atoms with van der Waals surface area (Å²) in [6, 6.07) is 4.23. The van der Waals surface area contributed by atoms with Crippen molar-refractivity contribution in [1.29, 1.82) is 0 Å². The van der Waals surface area contributed by atoms with Crippen molar-refractivity contribution in [2.24, 2.45) is 0 Å². The van der Waals surface area contributed by atoms with Gasteiger partial charge in [0.1, 0.15) is 0 Å². The van der Waals surface area contributed by atoms with Crippen molar-refractivity contribution in [3.05, 3.63) is 23.3 Å². The lowest BCUT2D eigenvalue weighted by atomic mass is 9.81. The Morgan fingerprint density at radius 1 is 1.19 bits per heavy atom. The minimum atomic E-state index is 0.176. The number of anilines is 2. The molecule has 0 radical (unpaired) electrons. The molecule has 0 atom stereocenters. The molecule has 1 aromatic carbocycles. The van der Waals surface area contributed by atoms with Crippen molar-refractivity contribution < 1.29 is 9.53 Å². The summed E-state index contributed by atoms with van der Waals surface area (Å²) in [7, 11) is 3.63. The minimum absolute atomic E-state index is 0.176. The lowest BCUT2D eigenvalue weighted by Gasteiger charge is -2.31. The summed E-state index contributed by atoms with van der Waals surface area (Å²) in [4.78, 5) is 13.5. The monoisotopic (exact) mass is 288 g/mol. The van der Waals surface area contributed by atoms with E-state index < -0.39 is 0 Å². The van der Waals surface area contributed by atoms with Crippen LogP contribution in [0.2, 0.25) is 0 Å². The number of fused-ring (bicyclic) bond motifs is 1. The SMILES string of the molecule is COC1CCC(c2cc3c(cc2N)N(C)C(=O)CC3)CC1. The smallest absolute Gasteiger partial charge is 0.227 e. The van der Waals surface area contributed by atoms with E-state index in [1.54, 1.807) is 12.0 Å². The third-order valence-electron chi connectivity index (χ3n) is 5.08. The molecule has 21 heavy (non-hydrogen) atoms. The van der Waals surface area contributed by atoms with Crippen molar-refractivity contribution in [3.8, 4) is 0 Å². The minimum Gasteiger partial charge on any atom is -0.398 e. The summed E-state index contributed by atoms with van der Waals surface area (Å²) in [5, 5.41) is 0. The zero-order chi connectivity index (χ0) is 15.0. The van der Waals surface area contributed by atoms with Gasteiger partial charge >= 0.3 is 0 Å². The van der Waals surface area contributed by atoms with Gasteiger partial charge in [-0.1, -0.05) is 6.07 Å². The molecular weight excluding hydrogens is 264 g/mol. The number of aryl methyl sites for hydroxylation is 1. The molecule has 1 aliphatic heterocycles. The van der Waals surface area contributed by atoms with Crippen LogP contribution in [0.5, 0.6) is 0 Å². The van der Waals surface area contributed by atoms with Crippen LogP contribution in [0.25, 0.3) is 0 Å². The molecule has 1 aromatic rings. The molecular formula is C17H24N2O2. The van der Waals surface area contributed by atoms with Gasteiger partial charge in [0.25, 0.3) is 0 Å². The highest BCUT2D eigenvalue weighted by Crippen LogP contribution is 2.40. The molecule has 1 amide bonds. The molecule has 0 unspecified atom stereocenters. The molecule has 0 aromatic heterocycles. The predicted molar refractivity (Wildman–Crippen MR) is 84.6 cm³/mol. The average molecular weight is 288 g/mol. The summed E-state index contributed by atoms with van der Waals surface area (Å²) in [6.45, 7) is 0. The number of nitrogen functional groups attached to an aromatic ring is 1. The Morgan fingerprint density at radius 2 is 1.90 bits per heavy atom. The molecule has 2 N–H and O–H groups in total. The Morgan fingerprint density at radius 3 is 2.57 bits per heavy atom. The first-order chi connectivity index (χ1) is 10.1. The van der Waals surface area contributed by atoms with Crippen LogP contribution in [0.3, 0.4) is 0 Å². The summed E-state index contributed by atoms with van der Waals surface area (Å²) in [5.74, 6) is 0.708. The summed E-state index contributed by atoms with van der Waals surface area (Å²) >= 11 is 0. The molecule has 2 aliphatic rings. The van der Waals surface area contributed by atoms with E-state index in [1.165, 1.54) is 11.1 Å². The maximum absolute atomic E-state index is 11.8. The molecule has 3 rings (SSSR count). The third kappa shape index (κ3) is 2.64. The Bertz CT molecular complexity index is 548. The fourth-order valence-corrected chi connectivity index (χ4v) is 3.69. The topological polar surface area (TPSA) is 55.6 Å². The Kier molecular flexibility index (Phi) is 3.89. The molecule has 0 saturated heterocycles. The van der Waals surface area contributed by atoms with Crippen LogP contribution in [0.15, 0.2) is 12.1 Å². The fourth-order valence-electron chi connectivity index (χ4n) is 3.69. The van der Waals surface area contributed by atoms with Crippen LogP contribution in [-0.2, 0) is 16.0 Å². The lowest BCUT2D eigenvalue weighted by Crippen LogP contribution is -2.31. The van der Waals surface area contributed by atoms with Crippen LogP contribution in [-0.4, -0.2) is 26.2 Å². The van der Waals surface area contributed by atoms with Crippen molar-refractivity contribution in [3.63, 3.8) is 0 Å². The van der Waals surface area contributed by atoms with Gasteiger partial charge in [0.2, 0.25) is 5.91 Å². The second-order valence-corrected chi connectivity index (χ2v) is 6.27. The van der Waals surface area contributed by atoms with Gasteiger partial charge in [-0.2, -0.15) is 0 Å². The molecule has 4 nitrogen and oxygen atoms in total. The van der Waals surface area contributed by atoms with E-state index in [-0.39, 0.29) is 5.91 Å². The van der Waals surface area contributed by atoms with Gasteiger partial charge in [-0.25, -0.2) is 0 Å². The number of benzene rings is 1. The van der Waals surface area contributed by atoms with Gasteiger partial charge < -0.3 is 15.4 Å². The molecule has 4 heteroatoms. The molecule has 1 fully saturated rings. The number of ether oxygens (including phenoxy) is 1. The molecule has 0 bridgehead atoms. The van der Waals surface area contributed by atoms with Crippen molar-refractivity contribution >= 4 is 17.3 Å². The summed E-state index contributed by atoms with van der Waals surface area (Å²) in [6.07, 6.45) is 6.32. The molecule has 0 spiro atoms. The Hall–Kier alpha value is -1.55. The fraction of sp³-hybridized carbons (Fsp3) is 0.588. The summed E-state index contributed by atoms with van der Waals surface area (Å²) < 4.78 is 5.45. The van der Waals surface area contributed by atoms with E-state index in [2.05, 4.69) is 6.07 Å². The van der Waals surface area contributed by atoms with Crippen LogP contribution in [0.4, 0.5) is 11.4 Å². The number of nitrogens with zero attached hydrogens (tertiary/aromatic N) is 1. The first-order valence-electron chi connectivity index (χ1n) is 7.81. The van der Waals surface area contributed by atoms with E-state index in [0.717, 1.165) is 43.5 Å². The average Bonchev–Trinajstić information content (AvgIpc) is 2.51. The van der Waals surface area contributed by atoms with Crippen molar-refractivity contribution in [2.75, 3.05) is 24.8 Å². The largest absolute Gasteiger partial charge is 0.398 e. The van der Waals surface area contributed by atoms with Gasteiger partial charge in [0, 0.05) is 32.0 Å². The molecule has 1 heterocycles. The first kappa shape index (κ1) is 14.4. The zero-order valence-electron chi connectivity index (χ0n) is 12.9. The second-order valence-electron chi connectivity index (χ2n) is 6.27. The number of hydrogen-bond donors (Lipinski definition) is 1. The standard InChI is InChI=1S/C17H24N2O2/c1-19-16-10-15(18)14(9-12(16)5-8-17(19)20)11-3-6-13(21-2)7-4-11/h9-11,13H,3-8,18H2,1-2H3. The van der Waals surface area contributed by atoms with Crippen LogP contribution < -0.4 is 10.6 Å². The molecule has 1 aliphatic carbocycles. The van der Waals surface area contributed by atoms with Crippen molar-refractivity contribution in [2.45, 2.75) is 50.5 Å². The maximum atomic E-state index is 11.8. The lowest BCUT2D eigenvalue weighted by molar-refractivity contribution is -0.118. The predicted octanol–water partition coefficient (Wildman–Crippen LogP) is 2.85. The number of nitrogens with two attached hydrogens (primary N) is 1. The highest BCUT2D eigenvalue weighted by atomic mass is 16.5. The van der Waals surface area contributed by atoms with E-state index in [0.29, 0.717) is 18.4 Å². The second kappa shape index (κ2) is 5.68. The van der Waals surface area contributed by atoms with Gasteiger partial charge in [0.05, 0.1) is 6.10 Å². The van der Waals surface area contributed by atoms with Crippen LogP contribution >= 0.6 is 0 Å². The Balaban J connectivity index is 1.86. The van der Waals surface area contributed by atoms with Crippen LogP contribution in [0, 0.1) is 0 Å². The number of amides is 1. The van der Waals surface area contributed by atoms with Gasteiger partial charge in [0.15, 0.2) is 0 Å². The number of hydrogen-bond acceptors (Lipinski definition) is 3. The first-order valence-corrected chi connectivity index (χ1v) is 7.81. The number of rotatable bonds is 2. The van der Waals surface area contributed by atoms with E-state index in [9.17, 15) is 4.79 Å². The molecule has 1 saturated carbocycles. The quantitative estimate of drug-likeness (QED) is 0.851. The van der Waals surface area contributed by atoms with Crippen LogP contribution in [0.1, 0.15) is 49.1 Å². The van der Waals surface area contributed by atoms with E-state index in [1.807, 2.05) is 13.1 Å². The van der Waals surface area contributed by atoms with Gasteiger partial charge in [-0.05, 0) is 55.2 Å². The number of methoxy groups -OCH3 is 1. The highest BCUT2D eigenvalue weighted by molar-refractivity contribution is 5.96. The van der Waals surface area contributed by atoms with Gasteiger partial charge in [-0.3, -0.25) is 4.79 Å². The highest BCUT2D eigenvalue weighted by Gasteiger charge is 2.27. The Labute approximate surface area is 126 Å². The zero-order valence-corrected chi connectivity index (χ0v) is 12.9. The third-order valence-corrected chi connectivity index (χ3v) is 5.08. The van der Waals surface area contributed by atoms with Gasteiger partial charge in [-0.15, -0.1) is 0 Å². The maximum Gasteiger partial charge on any atom is 0.227 e. The summed E-state index contributed by atoms with van der Waals surface area (Å²) in [5.41, 5.74) is 10.6. The van der Waals surface area contributed by atoms with E-state index >= 15 is 0 Å². The number of carbonyl (C=O) groups is 1. The van der Waals surface area contributed by atoms with Crippen molar-refractivity contribution in [1.82, 2.24) is 0 Å². The normalized spacial score (nSPS) is 25.8.